The van der Waals surface area contributed by atoms with Crippen LogP contribution in [0.1, 0.15) is 63.4 Å². The van der Waals surface area contributed by atoms with Crippen molar-refractivity contribution in [3.63, 3.8) is 0 Å². The molecule has 5 rings (SSSR count). The van der Waals surface area contributed by atoms with Crippen molar-refractivity contribution < 1.29 is 18.7 Å². The number of benzene rings is 3. The third-order valence-electron chi connectivity index (χ3n) is 6.28. The molecule has 4 aromatic rings. The highest BCUT2D eigenvalue weighted by molar-refractivity contribution is 6.10. The standard InChI is InChI=1S/C29H25NO5/c1-3-4-17-34-29(33)20-13-15-21(16-14-20)30-25(19-11-9-18(2)10-12-19)24-26(31)22-7-5-6-8-23(22)35-27(24)28(30)32/h5-16,25H,3-4,17H2,1-2H3. The van der Waals surface area contributed by atoms with E-state index in [-0.39, 0.29) is 11.2 Å². The van der Waals surface area contributed by atoms with Crippen molar-refractivity contribution in [2.45, 2.75) is 32.7 Å². The Morgan fingerprint density at radius 2 is 1.69 bits per heavy atom. The number of nitrogens with zero attached hydrogens (tertiary/aromatic N) is 1. The predicted octanol–water partition coefficient (Wildman–Crippen LogP) is 5.81. The van der Waals surface area contributed by atoms with Crippen molar-refractivity contribution >= 4 is 28.5 Å². The number of aryl methyl sites for hydroxylation is 1. The normalized spacial score (nSPS) is 14.9. The molecular weight excluding hydrogens is 442 g/mol. The van der Waals surface area contributed by atoms with E-state index in [9.17, 15) is 14.4 Å². The second-order valence-corrected chi connectivity index (χ2v) is 8.69. The van der Waals surface area contributed by atoms with Gasteiger partial charge < -0.3 is 9.15 Å². The Hall–Kier alpha value is -4.19. The quantitative estimate of drug-likeness (QED) is 0.264. The lowest BCUT2D eigenvalue weighted by atomic mass is 9.97. The van der Waals surface area contributed by atoms with Crippen LogP contribution in [0.2, 0.25) is 0 Å². The maximum absolute atomic E-state index is 13.6. The van der Waals surface area contributed by atoms with E-state index >= 15 is 0 Å². The molecule has 3 aromatic carbocycles. The molecule has 1 atom stereocenters. The van der Waals surface area contributed by atoms with E-state index in [1.165, 1.54) is 0 Å². The van der Waals surface area contributed by atoms with Crippen molar-refractivity contribution in [1.82, 2.24) is 0 Å². The van der Waals surface area contributed by atoms with Crippen molar-refractivity contribution in [1.29, 1.82) is 0 Å². The average molecular weight is 468 g/mol. The summed E-state index contributed by atoms with van der Waals surface area (Å²) in [6, 6.07) is 20.7. The third-order valence-corrected chi connectivity index (χ3v) is 6.28. The van der Waals surface area contributed by atoms with Gasteiger partial charge in [-0.25, -0.2) is 4.79 Å². The Balaban J connectivity index is 1.60. The summed E-state index contributed by atoms with van der Waals surface area (Å²) in [4.78, 5) is 41.1. The smallest absolute Gasteiger partial charge is 0.338 e. The van der Waals surface area contributed by atoms with Gasteiger partial charge in [0, 0.05) is 5.69 Å². The minimum absolute atomic E-state index is 0.0438. The number of anilines is 1. The van der Waals surface area contributed by atoms with E-state index in [2.05, 4.69) is 0 Å². The van der Waals surface area contributed by atoms with Crippen LogP contribution in [0.15, 0.2) is 82.0 Å². The van der Waals surface area contributed by atoms with E-state index in [4.69, 9.17) is 9.15 Å². The number of amides is 1. The van der Waals surface area contributed by atoms with Crippen molar-refractivity contribution in [2.75, 3.05) is 11.5 Å². The number of para-hydroxylation sites is 1. The van der Waals surface area contributed by atoms with Crippen LogP contribution >= 0.6 is 0 Å². The van der Waals surface area contributed by atoms with Gasteiger partial charge in [0.1, 0.15) is 5.58 Å². The maximum Gasteiger partial charge on any atom is 0.338 e. The molecule has 0 aliphatic carbocycles. The molecule has 0 fully saturated rings. The number of hydrogen-bond donors (Lipinski definition) is 0. The summed E-state index contributed by atoms with van der Waals surface area (Å²) >= 11 is 0. The molecule has 2 heterocycles. The number of esters is 1. The van der Waals surface area contributed by atoms with Gasteiger partial charge >= 0.3 is 5.97 Å². The van der Waals surface area contributed by atoms with Crippen molar-refractivity contribution in [3.05, 3.63) is 111 Å². The van der Waals surface area contributed by atoms with Crippen LogP contribution in [-0.4, -0.2) is 18.5 Å². The number of fused-ring (bicyclic) bond motifs is 2. The zero-order chi connectivity index (χ0) is 24.5. The second kappa shape index (κ2) is 9.22. The van der Waals surface area contributed by atoms with Crippen LogP contribution < -0.4 is 10.3 Å². The number of ether oxygens (including phenoxy) is 1. The number of carbonyl (C=O) groups excluding carboxylic acids is 2. The summed E-state index contributed by atoms with van der Waals surface area (Å²) in [6.45, 7) is 4.38. The fraction of sp³-hybridized carbons (Fsp3) is 0.207. The molecule has 1 amide bonds. The van der Waals surface area contributed by atoms with Crippen LogP contribution in [0.5, 0.6) is 0 Å². The van der Waals surface area contributed by atoms with Gasteiger partial charge in [0.15, 0.2) is 5.43 Å². The van der Waals surface area contributed by atoms with Crippen molar-refractivity contribution in [2.24, 2.45) is 0 Å². The third kappa shape index (κ3) is 4.01. The molecule has 1 aliphatic rings. The Labute approximate surface area is 202 Å². The number of hydrogen-bond acceptors (Lipinski definition) is 5. The maximum atomic E-state index is 13.6. The van der Waals surface area contributed by atoms with Crippen LogP contribution in [0.25, 0.3) is 11.0 Å². The summed E-state index contributed by atoms with van der Waals surface area (Å²) in [6.07, 6.45) is 1.74. The Kier molecular flexibility index (Phi) is 5.95. The topological polar surface area (TPSA) is 76.8 Å². The Morgan fingerprint density at radius 1 is 0.971 bits per heavy atom. The van der Waals surface area contributed by atoms with Gasteiger partial charge in [-0.2, -0.15) is 0 Å². The average Bonchev–Trinajstić information content (AvgIpc) is 3.17. The van der Waals surface area contributed by atoms with E-state index < -0.39 is 17.9 Å². The van der Waals surface area contributed by atoms with Gasteiger partial charge in [-0.1, -0.05) is 55.3 Å². The summed E-state index contributed by atoms with van der Waals surface area (Å²) in [5.41, 5.74) is 3.30. The number of unbranched alkanes of at least 4 members (excludes halogenated alkanes) is 1. The molecule has 1 aromatic heterocycles. The molecule has 6 heteroatoms. The van der Waals surface area contributed by atoms with E-state index in [0.717, 1.165) is 24.0 Å². The van der Waals surface area contributed by atoms with Gasteiger partial charge in [-0.15, -0.1) is 0 Å². The molecule has 35 heavy (non-hydrogen) atoms. The molecule has 0 N–H and O–H groups in total. The molecule has 0 saturated carbocycles. The first-order chi connectivity index (χ1) is 17.0. The molecule has 6 nitrogen and oxygen atoms in total. The summed E-state index contributed by atoms with van der Waals surface area (Å²) in [5.74, 6) is -0.756. The Bertz CT molecular complexity index is 1470. The molecule has 1 unspecified atom stereocenters. The van der Waals surface area contributed by atoms with E-state index in [1.807, 2.05) is 38.1 Å². The predicted molar refractivity (Wildman–Crippen MR) is 134 cm³/mol. The van der Waals surface area contributed by atoms with Crippen molar-refractivity contribution in [3.8, 4) is 0 Å². The first-order valence-electron chi connectivity index (χ1n) is 11.7. The summed E-state index contributed by atoms with van der Waals surface area (Å²) < 4.78 is 11.3. The second-order valence-electron chi connectivity index (χ2n) is 8.69. The van der Waals surface area contributed by atoms with Gasteiger partial charge in [0.2, 0.25) is 5.76 Å². The van der Waals surface area contributed by atoms with Gasteiger partial charge in [-0.05, 0) is 55.3 Å². The highest BCUT2D eigenvalue weighted by Crippen LogP contribution is 2.41. The lowest BCUT2D eigenvalue weighted by Crippen LogP contribution is -2.29. The highest BCUT2D eigenvalue weighted by atomic mass is 16.5. The number of rotatable bonds is 6. The minimum Gasteiger partial charge on any atom is -0.462 e. The lowest BCUT2D eigenvalue weighted by Gasteiger charge is -2.25. The van der Waals surface area contributed by atoms with Gasteiger partial charge in [0.25, 0.3) is 5.91 Å². The van der Waals surface area contributed by atoms with Crippen LogP contribution in [0.3, 0.4) is 0 Å². The first kappa shape index (κ1) is 22.6. The monoisotopic (exact) mass is 467 g/mol. The summed E-state index contributed by atoms with van der Waals surface area (Å²) in [5, 5.41) is 0.434. The van der Waals surface area contributed by atoms with Crippen LogP contribution in [-0.2, 0) is 4.74 Å². The van der Waals surface area contributed by atoms with Gasteiger partial charge in [0.05, 0.1) is 29.2 Å². The van der Waals surface area contributed by atoms with Crippen LogP contribution in [0, 0.1) is 6.92 Å². The molecular formula is C29H25NO5. The van der Waals surface area contributed by atoms with Gasteiger partial charge in [-0.3, -0.25) is 14.5 Å². The summed E-state index contributed by atoms with van der Waals surface area (Å²) in [7, 11) is 0. The molecule has 0 bridgehead atoms. The molecule has 0 spiro atoms. The fourth-order valence-corrected chi connectivity index (χ4v) is 4.40. The fourth-order valence-electron chi connectivity index (χ4n) is 4.40. The molecule has 176 valence electrons. The molecule has 1 aliphatic heterocycles. The van der Waals surface area contributed by atoms with Crippen LogP contribution in [0.4, 0.5) is 5.69 Å². The molecule has 0 saturated heterocycles. The Morgan fingerprint density at radius 3 is 2.40 bits per heavy atom. The zero-order valence-corrected chi connectivity index (χ0v) is 19.6. The highest BCUT2D eigenvalue weighted by Gasteiger charge is 2.43. The van der Waals surface area contributed by atoms with E-state index in [0.29, 0.717) is 34.4 Å². The zero-order valence-electron chi connectivity index (χ0n) is 19.6. The number of carbonyl (C=O) groups is 2. The molecule has 0 radical (unpaired) electrons. The first-order valence-corrected chi connectivity index (χ1v) is 11.7. The lowest BCUT2D eigenvalue weighted by molar-refractivity contribution is 0.0499. The van der Waals surface area contributed by atoms with E-state index in [1.54, 1.807) is 53.4 Å². The largest absolute Gasteiger partial charge is 0.462 e. The minimum atomic E-state index is -0.652. The SMILES string of the molecule is CCCCOC(=O)c1ccc(N2C(=O)c3oc4ccccc4c(=O)c3C2c2ccc(C)cc2)cc1.